The average molecular weight is 280 g/mol. The number of H-pyrrole nitrogens is 1. The fraction of sp³-hybridized carbons (Fsp3) is 0.615. The van der Waals surface area contributed by atoms with Gasteiger partial charge in [0.15, 0.2) is 11.4 Å². The zero-order chi connectivity index (χ0) is 14.8. The molecule has 1 aliphatic carbocycles. The molecule has 0 spiro atoms. The van der Waals surface area contributed by atoms with Crippen LogP contribution >= 0.6 is 0 Å². The van der Waals surface area contributed by atoms with Crippen molar-refractivity contribution in [1.82, 2.24) is 20.8 Å². The third-order valence-corrected chi connectivity index (χ3v) is 3.86. The molecule has 110 valence electrons. The number of amides is 2. The molecule has 0 aromatic carbocycles. The predicted molar refractivity (Wildman–Crippen MR) is 72.3 cm³/mol. The van der Waals surface area contributed by atoms with E-state index in [9.17, 15) is 14.7 Å². The topological polar surface area (TPSA) is 107 Å². The highest BCUT2D eigenvalue weighted by molar-refractivity contribution is 5.99. The predicted octanol–water partition coefficient (Wildman–Crippen LogP) is 0.602. The van der Waals surface area contributed by atoms with Gasteiger partial charge in [-0.05, 0) is 19.8 Å². The molecule has 20 heavy (non-hydrogen) atoms. The van der Waals surface area contributed by atoms with E-state index in [0.29, 0.717) is 18.5 Å². The molecule has 0 aliphatic heterocycles. The molecule has 4 N–H and O–H groups in total. The Morgan fingerprint density at radius 3 is 2.45 bits per heavy atom. The molecule has 0 saturated heterocycles. The van der Waals surface area contributed by atoms with E-state index < -0.39 is 11.4 Å². The summed E-state index contributed by atoms with van der Waals surface area (Å²) in [5.74, 6) is -0.875. The Balaban J connectivity index is 2.22. The van der Waals surface area contributed by atoms with Crippen LogP contribution in [0.4, 0.5) is 0 Å². The Bertz CT molecular complexity index is 518. The number of carbonyl (C=O) groups excluding carboxylic acids is 2. The second kappa shape index (κ2) is 5.52. The van der Waals surface area contributed by atoms with Crippen LogP contribution in [0.5, 0.6) is 5.75 Å². The van der Waals surface area contributed by atoms with Gasteiger partial charge in [0.2, 0.25) is 5.91 Å². The van der Waals surface area contributed by atoms with Crippen LogP contribution in [-0.4, -0.2) is 39.7 Å². The molecule has 1 aliphatic rings. The van der Waals surface area contributed by atoms with Crippen LogP contribution in [-0.2, 0) is 4.79 Å². The summed E-state index contributed by atoms with van der Waals surface area (Å²) in [4.78, 5) is 24.4. The molecular weight excluding hydrogens is 260 g/mol. The number of aryl methyl sites for hydroxylation is 1. The van der Waals surface area contributed by atoms with Crippen molar-refractivity contribution in [1.29, 1.82) is 0 Å². The highest BCUT2D eigenvalue weighted by Crippen LogP contribution is 2.29. The average Bonchev–Trinajstić information content (AvgIpc) is 2.79. The van der Waals surface area contributed by atoms with Crippen molar-refractivity contribution >= 4 is 11.8 Å². The Kier molecular flexibility index (Phi) is 3.96. The van der Waals surface area contributed by atoms with Gasteiger partial charge in [0, 0.05) is 7.05 Å². The van der Waals surface area contributed by atoms with Gasteiger partial charge >= 0.3 is 0 Å². The Labute approximate surface area is 117 Å². The van der Waals surface area contributed by atoms with E-state index in [0.717, 1.165) is 19.3 Å². The highest BCUT2D eigenvalue weighted by atomic mass is 16.3. The number of nitrogens with one attached hydrogen (secondary N) is 3. The number of aromatic hydroxyl groups is 1. The van der Waals surface area contributed by atoms with Gasteiger partial charge in [-0.15, -0.1) is 0 Å². The zero-order valence-corrected chi connectivity index (χ0v) is 11.7. The molecule has 1 saturated carbocycles. The number of carbonyl (C=O) groups is 2. The normalized spacial score (nSPS) is 17.5. The first-order chi connectivity index (χ1) is 9.50. The van der Waals surface area contributed by atoms with Gasteiger partial charge in [-0.1, -0.05) is 19.3 Å². The summed E-state index contributed by atoms with van der Waals surface area (Å²) < 4.78 is 0. The minimum absolute atomic E-state index is 0.00338. The fourth-order valence-electron chi connectivity index (χ4n) is 2.67. The van der Waals surface area contributed by atoms with Crippen LogP contribution in [0.3, 0.4) is 0 Å². The number of nitrogens with zero attached hydrogens (tertiary/aromatic N) is 1. The third-order valence-electron chi connectivity index (χ3n) is 3.86. The quantitative estimate of drug-likeness (QED) is 0.650. The largest absolute Gasteiger partial charge is 0.504 e. The van der Waals surface area contributed by atoms with Crippen molar-refractivity contribution in [3.63, 3.8) is 0 Å². The number of rotatable bonds is 3. The number of aromatic amines is 1. The number of aromatic nitrogens is 2. The van der Waals surface area contributed by atoms with Crippen molar-refractivity contribution < 1.29 is 14.7 Å². The van der Waals surface area contributed by atoms with Gasteiger partial charge in [-0.25, -0.2) is 0 Å². The van der Waals surface area contributed by atoms with E-state index in [1.165, 1.54) is 0 Å². The standard InChI is InChI=1S/C13H20N4O3/c1-8-10(18)9(17-16-8)11(19)15-13(12(20)14-2)6-4-3-5-7-13/h18H,3-7H2,1-2H3,(H,14,20)(H,15,19)(H,16,17). The van der Waals surface area contributed by atoms with E-state index >= 15 is 0 Å². The minimum Gasteiger partial charge on any atom is -0.504 e. The summed E-state index contributed by atoms with van der Waals surface area (Å²) >= 11 is 0. The maximum Gasteiger partial charge on any atom is 0.274 e. The second-order valence-corrected chi connectivity index (χ2v) is 5.21. The lowest BCUT2D eigenvalue weighted by Gasteiger charge is -2.36. The van der Waals surface area contributed by atoms with Gasteiger partial charge in [-0.3, -0.25) is 14.7 Å². The molecule has 1 aromatic rings. The smallest absolute Gasteiger partial charge is 0.274 e. The first-order valence-corrected chi connectivity index (χ1v) is 6.79. The van der Waals surface area contributed by atoms with Crippen LogP contribution < -0.4 is 10.6 Å². The van der Waals surface area contributed by atoms with E-state index in [4.69, 9.17) is 0 Å². The molecule has 7 nitrogen and oxygen atoms in total. The summed E-state index contributed by atoms with van der Waals surface area (Å²) in [6.45, 7) is 1.59. The van der Waals surface area contributed by atoms with E-state index in [1.54, 1.807) is 14.0 Å². The van der Waals surface area contributed by atoms with Crippen molar-refractivity contribution in [3.8, 4) is 5.75 Å². The summed E-state index contributed by atoms with van der Waals surface area (Å²) in [6, 6.07) is 0. The number of likely N-dealkylation sites (N-methyl/N-ethyl adjacent to an activating group) is 1. The Morgan fingerprint density at radius 2 is 1.95 bits per heavy atom. The van der Waals surface area contributed by atoms with Crippen LogP contribution in [0.1, 0.15) is 48.3 Å². The molecule has 0 radical (unpaired) electrons. The first-order valence-electron chi connectivity index (χ1n) is 6.79. The number of hydrogen-bond donors (Lipinski definition) is 4. The summed E-state index contributed by atoms with van der Waals surface area (Å²) in [7, 11) is 1.56. The summed E-state index contributed by atoms with van der Waals surface area (Å²) in [6.07, 6.45) is 4.05. The van der Waals surface area contributed by atoms with Gasteiger partial charge < -0.3 is 15.7 Å². The lowest BCUT2D eigenvalue weighted by Crippen LogP contribution is -2.59. The summed E-state index contributed by atoms with van der Waals surface area (Å²) in [5.41, 5.74) is -0.542. The zero-order valence-electron chi connectivity index (χ0n) is 11.7. The minimum atomic E-state index is -0.893. The molecule has 1 heterocycles. The lowest BCUT2D eigenvalue weighted by molar-refractivity contribution is -0.128. The second-order valence-electron chi connectivity index (χ2n) is 5.21. The fourth-order valence-corrected chi connectivity index (χ4v) is 2.67. The van der Waals surface area contributed by atoms with Crippen molar-refractivity contribution in [2.24, 2.45) is 0 Å². The lowest BCUT2D eigenvalue weighted by atomic mass is 9.80. The van der Waals surface area contributed by atoms with Gasteiger partial charge in [0.1, 0.15) is 11.2 Å². The van der Waals surface area contributed by atoms with Crippen LogP contribution in [0.15, 0.2) is 0 Å². The SMILES string of the molecule is CNC(=O)C1(NC(=O)c2[nH]nc(C)c2O)CCCCC1. The van der Waals surface area contributed by atoms with Crippen LogP contribution in [0, 0.1) is 6.92 Å². The molecule has 7 heteroatoms. The Hall–Kier alpha value is -2.05. The molecule has 0 bridgehead atoms. The van der Waals surface area contributed by atoms with Crippen LogP contribution in [0.2, 0.25) is 0 Å². The first kappa shape index (κ1) is 14.4. The van der Waals surface area contributed by atoms with Crippen LogP contribution in [0.25, 0.3) is 0 Å². The number of hydrogen-bond acceptors (Lipinski definition) is 4. The molecule has 2 rings (SSSR count). The molecule has 1 aromatic heterocycles. The maximum absolute atomic E-state index is 12.3. The molecule has 0 atom stereocenters. The van der Waals surface area contributed by atoms with Gasteiger partial charge in [0.05, 0.1) is 0 Å². The van der Waals surface area contributed by atoms with Crippen molar-refractivity contribution in [2.75, 3.05) is 7.05 Å². The maximum atomic E-state index is 12.3. The van der Waals surface area contributed by atoms with E-state index in [1.807, 2.05) is 0 Å². The molecular formula is C13H20N4O3. The molecule has 2 amide bonds. The summed E-state index contributed by atoms with van der Waals surface area (Å²) in [5, 5.41) is 21.4. The van der Waals surface area contributed by atoms with E-state index in [-0.39, 0.29) is 17.4 Å². The third kappa shape index (κ3) is 2.48. The highest BCUT2D eigenvalue weighted by Gasteiger charge is 2.41. The van der Waals surface area contributed by atoms with E-state index in [2.05, 4.69) is 20.8 Å². The Morgan fingerprint density at radius 1 is 1.30 bits per heavy atom. The van der Waals surface area contributed by atoms with Gasteiger partial charge in [0.25, 0.3) is 5.91 Å². The van der Waals surface area contributed by atoms with Crippen molar-refractivity contribution in [3.05, 3.63) is 11.4 Å². The van der Waals surface area contributed by atoms with Crippen molar-refractivity contribution in [2.45, 2.75) is 44.6 Å². The molecule has 0 unspecified atom stereocenters. The monoisotopic (exact) mass is 280 g/mol. The van der Waals surface area contributed by atoms with Gasteiger partial charge in [-0.2, -0.15) is 5.10 Å². The molecule has 1 fully saturated rings.